The van der Waals surface area contributed by atoms with E-state index in [9.17, 15) is 14.4 Å². The number of nitrogens with one attached hydrogen (secondary N) is 3. The second-order valence-corrected chi connectivity index (χ2v) is 5.80. The van der Waals surface area contributed by atoms with Gasteiger partial charge in [-0.3, -0.25) is 14.4 Å². The molecule has 1 aliphatic heterocycles. The number of benzene rings is 1. The molecular weight excluding hydrogens is 326 g/mol. The van der Waals surface area contributed by atoms with Crippen molar-refractivity contribution in [2.24, 2.45) is 0 Å². The Morgan fingerprint density at radius 1 is 1.32 bits per heavy atom. The molecule has 1 heterocycles. The fourth-order valence-corrected chi connectivity index (χ4v) is 2.84. The lowest BCUT2D eigenvalue weighted by molar-refractivity contribution is -0.909. The number of quaternary nitrogens is 1. The van der Waals surface area contributed by atoms with Crippen molar-refractivity contribution in [3.63, 3.8) is 0 Å². The maximum atomic E-state index is 12.3. The molecule has 0 aliphatic carbocycles. The van der Waals surface area contributed by atoms with Crippen LogP contribution in [0, 0.1) is 0 Å². The van der Waals surface area contributed by atoms with Crippen LogP contribution in [-0.2, 0) is 25.7 Å². The lowest BCUT2D eigenvalue weighted by Gasteiger charge is -2.30. The first kappa shape index (κ1) is 18.7. The van der Waals surface area contributed by atoms with E-state index >= 15 is 0 Å². The Hall–Kier alpha value is -2.61. The van der Waals surface area contributed by atoms with Gasteiger partial charge in [0.1, 0.15) is 12.2 Å². The Morgan fingerprint density at radius 3 is 2.80 bits per heavy atom. The van der Waals surface area contributed by atoms with Crippen LogP contribution in [0.5, 0.6) is 5.75 Å². The molecule has 0 saturated carbocycles. The summed E-state index contributed by atoms with van der Waals surface area (Å²) in [5.41, 5.74) is 0.871. The van der Waals surface area contributed by atoms with Crippen molar-refractivity contribution in [2.75, 3.05) is 33.9 Å². The first-order valence-corrected chi connectivity index (χ1v) is 8.12. The van der Waals surface area contributed by atoms with Crippen LogP contribution in [0.2, 0.25) is 0 Å². The van der Waals surface area contributed by atoms with Crippen LogP contribution in [0.1, 0.15) is 12.0 Å². The minimum Gasteiger partial charge on any atom is -0.496 e. The molecule has 25 heavy (non-hydrogen) atoms. The van der Waals surface area contributed by atoms with Gasteiger partial charge in [-0.15, -0.1) is 0 Å². The number of methoxy groups -OCH3 is 2. The van der Waals surface area contributed by atoms with Gasteiger partial charge in [0.05, 0.1) is 27.3 Å². The first-order valence-electron chi connectivity index (χ1n) is 8.12. The van der Waals surface area contributed by atoms with Gasteiger partial charge in [-0.1, -0.05) is 18.2 Å². The molecule has 1 aromatic rings. The van der Waals surface area contributed by atoms with E-state index in [0.717, 1.165) is 10.5 Å². The number of amides is 2. The molecule has 0 spiro atoms. The van der Waals surface area contributed by atoms with Crippen LogP contribution in [0.4, 0.5) is 0 Å². The number of carbonyl (C=O) groups excluding carboxylic acids is 3. The van der Waals surface area contributed by atoms with Crippen LogP contribution in [-0.4, -0.2) is 57.7 Å². The van der Waals surface area contributed by atoms with Crippen LogP contribution >= 0.6 is 0 Å². The molecule has 1 saturated heterocycles. The van der Waals surface area contributed by atoms with Gasteiger partial charge in [-0.25, -0.2) is 0 Å². The van der Waals surface area contributed by atoms with E-state index in [2.05, 4.69) is 15.4 Å². The second kappa shape index (κ2) is 9.03. The summed E-state index contributed by atoms with van der Waals surface area (Å²) in [4.78, 5) is 36.5. The minimum absolute atomic E-state index is 0.0442. The van der Waals surface area contributed by atoms with Crippen LogP contribution in [0.3, 0.4) is 0 Å². The molecule has 1 aromatic carbocycles. The minimum atomic E-state index is -0.613. The normalized spacial score (nSPS) is 19.7. The largest absolute Gasteiger partial charge is 0.496 e. The van der Waals surface area contributed by atoms with Crippen molar-refractivity contribution < 1.29 is 28.8 Å². The van der Waals surface area contributed by atoms with Crippen molar-refractivity contribution in [1.29, 1.82) is 0 Å². The quantitative estimate of drug-likeness (QED) is 0.507. The molecule has 1 fully saturated rings. The fraction of sp³-hybridized carbons (Fsp3) is 0.471. The predicted molar refractivity (Wildman–Crippen MR) is 89.0 cm³/mol. The van der Waals surface area contributed by atoms with E-state index < -0.39 is 12.0 Å². The highest BCUT2D eigenvalue weighted by molar-refractivity contribution is 5.86. The SMILES string of the molecule is COC(=O)C[C@H]1C(=O)NCC[NH+]1CC(=O)NCc1ccccc1OC. The number of esters is 1. The zero-order chi connectivity index (χ0) is 18.2. The third-order valence-corrected chi connectivity index (χ3v) is 4.21. The fourth-order valence-electron chi connectivity index (χ4n) is 2.84. The van der Waals surface area contributed by atoms with Crippen molar-refractivity contribution in [3.05, 3.63) is 29.8 Å². The number of para-hydroxylation sites is 1. The van der Waals surface area contributed by atoms with Gasteiger partial charge in [0.15, 0.2) is 12.6 Å². The van der Waals surface area contributed by atoms with Gasteiger partial charge in [-0.2, -0.15) is 0 Å². The average molecular weight is 350 g/mol. The predicted octanol–water partition coefficient (Wildman–Crippen LogP) is -1.74. The molecule has 0 aromatic heterocycles. The van der Waals surface area contributed by atoms with E-state index in [1.54, 1.807) is 7.11 Å². The maximum absolute atomic E-state index is 12.3. The summed E-state index contributed by atoms with van der Waals surface area (Å²) in [6.07, 6.45) is -0.0442. The molecule has 3 N–H and O–H groups in total. The standard InChI is InChI=1S/C17H23N3O5/c1-24-14-6-4-3-5-12(14)10-19-15(21)11-20-8-7-18-17(23)13(20)9-16(22)25-2/h3-6,13H,7-11H2,1-2H3,(H,18,23)(H,19,21)/p+1/t13-/m0/s1. The summed E-state index contributed by atoms with van der Waals surface area (Å²) < 4.78 is 9.89. The van der Waals surface area contributed by atoms with Gasteiger partial charge in [-0.05, 0) is 6.07 Å². The molecular formula is C17H24N3O5+. The molecule has 2 atom stereocenters. The van der Waals surface area contributed by atoms with Crippen LogP contribution in [0.25, 0.3) is 0 Å². The highest BCUT2D eigenvalue weighted by Gasteiger charge is 2.36. The Kier molecular flexibility index (Phi) is 6.76. The summed E-state index contributed by atoms with van der Waals surface area (Å²) in [6.45, 7) is 1.51. The van der Waals surface area contributed by atoms with Gasteiger partial charge < -0.3 is 25.0 Å². The van der Waals surface area contributed by atoms with E-state index in [1.165, 1.54) is 7.11 Å². The number of carbonyl (C=O) groups is 3. The molecule has 0 radical (unpaired) electrons. The van der Waals surface area contributed by atoms with Gasteiger partial charge in [0.25, 0.3) is 11.8 Å². The molecule has 8 nitrogen and oxygen atoms in total. The molecule has 136 valence electrons. The molecule has 1 aliphatic rings. The monoisotopic (exact) mass is 350 g/mol. The first-order chi connectivity index (χ1) is 12.0. The van der Waals surface area contributed by atoms with E-state index in [4.69, 9.17) is 4.74 Å². The summed E-state index contributed by atoms with van der Waals surface area (Å²) in [7, 11) is 2.86. The van der Waals surface area contributed by atoms with Gasteiger partial charge >= 0.3 is 5.97 Å². The second-order valence-electron chi connectivity index (χ2n) is 5.80. The summed E-state index contributed by atoms with van der Waals surface area (Å²) in [6, 6.07) is 6.82. The summed E-state index contributed by atoms with van der Waals surface area (Å²) in [5.74, 6) is -0.181. The highest BCUT2D eigenvalue weighted by atomic mass is 16.5. The third-order valence-electron chi connectivity index (χ3n) is 4.21. The summed E-state index contributed by atoms with van der Waals surface area (Å²) in [5, 5.41) is 5.56. The van der Waals surface area contributed by atoms with E-state index in [0.29, 0.717) is 25.4 Å². The van der Waals surface area contributed by atoms with Crippen molar-refractivity contribution in [1.82, 2.24) is 10.6 Å². The summed E-state index contributed by atoms with van der Waals surface area (Å²) >= 11 is 0. The Morgan fingerprint density at radius 2 is 2.08 bits per heavy atom. The zero-order valence-corrected chi connectivity index (χ0v) is 14.5. The topological polar surface area (TPSA) is 98.2 Å². The highest BCUT2D eigenvalue weighted by Crippen LogP contribution is 2.16. The number of hydrogen-bond acceptors (Lipinski definition) is 5. The van der Waals surface area contributed by atoms with Crippen molar-refractivity contribution in [3.8, 4) is 5.75 Å². The molecule has 0 bridgehead atoms. The van der Waals surface area contributed by atoms with E-state index in [1.807, 2.05) is 24.3 Å². The van der Waals surface area contributed by atoms with Crippen LogP contribution in [0.15, 0.2) is 24.3 Å². The lowest BCUT2D eigenvalue weighted by Crippen LogP contribution is -3.20. The lowest BCUT2D eigenvalue weighted by atomic mass is 10.1. The number of piperazine rings is 1. The van der Waals surface area contributed by atoms with Gasteiger partial charge in [0.2, 0.25) is 0 Å². The zero-order valence-electron chi connectivity index (χ0n) is 14.5. The maximum Gasteiger partial charge on any atom is 0.312 e. The Bertz CT molecular complexity index is 634. The number of ether oxygens (including phenoxy) is 2. The van der Waals surface area contributed by atoms with Crippen molar-refractivity contribution >= 4 is 17.8 Å². The Labute approximate surface area is 146 Å². The third kappa shape index (κ3) is 5.18. The Balaban J connectivity index is 1.93. The average Bonchev–Trinajstić information content (AvgIpc) is 2.62. The number of rotatable bonds is 7. The number of hydrogen-bond donors (Lipinski definition) is 3. The molecule has 8 heteroatoms. The molecule has 2 amide bonds. The van der Waals surface area contributed by atoms with Crippen LogP contribution < -0.4 is 20.3 Å². The smallest absolute Gasteiger partial charge is 0.312 e. The molecule has 1 unspecified atom stereocenters. The molecule has 2 rings (SSSR count). The van der Waals surface area contributed by atoms with Crippen molar-refractivity contribution in [2.45, 2.75) is 19.0 Å². The van der Waals surface area contributed by atoms with E-state index in [-0.39, 0.29) is 24.8 Å². The van der Waals surface area contributed by atoms with Gasteiger partial charge in [0, 0.05) is 12.1 Å².